The minimum atomic E-state index is -0.668. The molecular formula is C18H14Br2N4O4. The van der Waals surface area contributed by atoms with E-state index in [4.69, 9.17) is 4.74 Å². The van der Waals surface area contributed by atoms with Crippen LogP contribution in [0.3, 0.4) is 0 Å². The Bertz CT molecular complexity index is 1090. The molecule has 0 aliphatic carbocycles. The smallest absolute Gasteiger partial charge is 0.283 e. The molecular weight excluding hydrogens is 496 g/mol. The molecule has 3 aromatic rings. The number of hydrogen-bond donors (Lipinski definition) is 3. The molecule has 0 saturated heterocycles. The Balaban J connectivity index is 1.70. The van der Waals surface area contributed by atoms with Gasteiger partial charge in [-0.25, -0.2) is 0 Å². The third kappa shape index (κ3) is 4.39. The number of nitrogens with one attached hydrogen (secondary N) is 2. The van der Waals surface area contributed by atoms with Gasteiger partial charge in [-0.3, -0.25) is 9.59 Å². The lowest BCUT2D eigenvalue weighted by atomic mass is 10.2. The number of methoxy groups -OCH3 is 1. The molecule has 8 nitrogen and oxygen atoms in total. The summed E-state index contributed by atoms with van der Waals surface area (Å²) in [5.41, 5.74) is 1.10. The van der Waals surface area contributed by atoms with Crippen molar-refractivity contribution in [2.24, 2.45) is 10.2 Å². The Kier molecular flexibility index (Phi) is 6.10. The van der Waals surface area contributed by atoms with Gasteiger partial charge in [-0.1, -0.05) is 22.0 Å². The highest BCUT2D eigenvalue weighted by molar-refractivity contribution is 9.11. The minimum absolute atomic E-state index is 0.129. The van der Waals surface area contributed by atoms with Crippen LogP contribution >= 0.6 is 31.9 Å². The van der Waals surface area contributed by atoms with Crippen LogP contribution in [0.2, 0.25) is 0 Å². The van der Waals surface area contributed by atoms with Crippen LogP contribution in [0.25, 0.3) is 10.9 Å². The van der Waals surface area contributed by atoms with Gasteiger partial charge in [-0.15, -0.1) is 10.2 Å². The van der Waals surface area contributed by atoms with E-state index < -0.39 is 11.8 Å². The number of hydrogen-bond acceptors (Lipinski definition) is 5. The van der Waals surface area contributed by atoms with Crippen LogP contribution in [-0.2, 0) is 4.79 Å². The largest absolute Gasteiger partial charge is 0.497 e. The van der Waals surface area contributed by atoms with Gasteiger partial charge in [0.2, 0.25) is 5.88 Å². The molecule has 0 saturated carbocycles. The lowest BCUT2D eigenvalue weighted by Gasteiger charge is -2.04. The highest BCUT2D eigenvalue weighted by atomic mass is 79.9. The molecule has 2 amide bonds. The number of aromatic amines is 1. The van der Waals surface area contributed by atoms with Crippen LogP contribution in [0.1, 0.15) is 10.4 Å². The molecule has 0 aliphatic heterocycles. The van der Waals surface area contributed by atoms with Crippen molar-refractivity contribution in [3.63, 3.8) is 0 Å². The van der Waals surface area contributed by atoms with Crippen molar-refractivity contribution in [2.75, 3.05) is 13.7 Å². The molecule has 0 bridgehead atoms. The molecule has 3 rings (SSSR count). The van der Waals surface area contributed by atoms with Gasteiger partial charge in [-0.2, -0.15) is 0 Å². The Morgan fingerprint density at radius 1 is 1.25 bits per heavy atom. The van der Waals surface area contributed by atoms with Gasteiger partial charge in [0.1, 0.15) is 12.3 Å². The van der Waals surface area contributed by atoms with Crippen LogP contribution in [-0.4, -0.2) is 35.6 Å². The van der Waals surface area contributed by atoms with Crippen LogP contribution in [0.15, 0.2) is 55.6 Å². The lowest BCUT2D eigenvalue weighted by Crippen LogP contribution is -2.28. The Morgan fingerprint density at radius 2 is 2.04 bits per heavy atom. The molecule has 10 heteroatoms. The second-order valence-electron chi connectivity index (χ2n) is 5.64. The molecule has 144 valence electrons. The van der Waals surface area contributed by atoms with Gasteiger partial charge >= 0.3 is 0 Å². The quantitative estimate of drug-likeness (QED) is 0.440. The van der Waals surface area contributed by atoms with Crippen LogP contribution in [0.4, 0.5) is 5.69 Å². The van der Waals surface area contributed by atoms with Crippen molar-refractivity contribution >= 4 is 60.3 Å². The van der Waals surface area contributed by atoms with E-state index in [0.29, 0.717) is 26.7 Å². The predicted octanol–water partition coefficient (Wildman–Crippen LogP) is 4.45. The molecule has 0 spiro atoms. The number of aromatic hydroxyl groups is 1. The summed E-state index contributed by atoms with van der Waals surface area (Å²) < 4.78 is 6.54. The molecule has 1 heterocycles. The zero-order valence-corrected chi connectivity index (χ0v) is 17.7. The summed E-state index contributed by atoms with van der Waals surface area (Å²) in [5.74, 6) is -0.791. The normalized spacial score (nSPS) is 11.1. The zero-order chi connectivity index (χ0) is 20.3. The summed E-state index contributed by atoms with van der Waals surface area (Å²) in [6.45, 7) is -0.337. The van der Waals surface area contributed by atoms with Crippen LogP contribution < -0.4 is 10.1 Å². The third-order valence-electron chi connectivity index (χ3n) is 3.77. The number of H-pyrrole nitrogens is 1. The first kappa shape index (κ1) is 20.0. The van der Waals surface area contributed by atoms with E-state index in [9.17, 15) is 14.7 Å². The van der Waals surface area contributed by atoms with E-state index in [1.807, 2.05) is 0 Å². The average molecular weight is 510 g/mol. The van der Waals surface area contributed by atoms with Crippen molar-refractivity contribution in [1.82, 2.24) is 10.3 Å². The number of halogens is 2. The maximum absolute atomic E-state index is 12.1. The molecule has 0 radical (unpaired) electrons. The summed E-state index contributed by atoms with van der Waals surface area (Å²) in [6.07, 6.45) is 0. The average Bonchev–Trinajstić information content (AvgIpc) is 3.00. The van der Waals surface area contributed by atoms with Crippen LogP contribution in [0.5, 0.6) is 11.6 Å². The monoisotopic (exact) mass is 508 g/mol. The van der Waals surface area contributed by atoms with Gasteiger partial charge < -0.3 is 20.1 Å². The van der Waals surface area contributed by atoms with E-state index >= 15 is 0 Å². The number of ether oxygens (including phenoxy) is 1. The fourth-order valence-corrected chi connectivity index (χ4v) is 3.78. The first-order valence-corrected chi connectivity index (χ1v) is 9.54. The van der Waals surface area contributed by atoms with E-state index in [0.717, 1.165) is 4.47 Å². The van der Waals surface area contributed by atoms with Crippen molar-refractivity contribution in [2.45, 2.75) is 0 Å². The summed E-state index contributed by atoms with van der Waals surface area (Å²) in [4.78, 5) is 26.8. The van der Waals surface area contributed by atoms with Crippen LogP contribution in [0, 0.1) is 0 Å². The molecule has 3 N–H and O–H groups in total. The zero-order valence-electron chi connectivity index (χ0n) is 14.5. The van der Waals surface area contributed by atoms with Gasteiger partial charge in [0, 0.05) is 19.9 Å². The molecule has 0 aliphatic rings. The SMILES string of the molecule is COc1cccc(C(=O)NCC(=O)N=Nc2c(O)[nH]c3c(Br)cc(Br)cc23)c1. The molecule has 28 heavy (non-hydrogen) atoms. The summed E-state index contributed by atoms with van der Waals surface area (Å²) in [6, 6.07) is 10.1. The number of benzene rings is 2. The third-order valence-corrected chi connectivity index (χ3v) is 4.85. The molecule has 0 atom stereocenters. The highest BCUT2D eigenvalue weighted by Crippen LogP contribution is 2.40. The van der Waals surface area contributed by atoms with Gasteiger partial charge in [-0.05, 0) is 46.3 Å². The fourth-order valence-electron chi connectivity index (χ4n) is 2.46. The summed E-state index contributed by atoms with van der Waals surface area (Å²) in [7, 11) is 1.50. The number of aromatic nitrogens is 1. The van der Waals surface area contributed by atoms with E-state index in [1.165, 1.54) is 7.11 Å². The summed E-state index contributed by atoms with van der Waals surface area (Å²) in [5, 5.41) is 20.5. The predicted molar refractivity (Wildman–Crippen MR) is 110 cm³/mol. The minimum Gasteiger partial charge on any atom is -0.497 e. The number of amides is 2. The highest BCUT2D eigenvalue weighted by Gasteiger charge is 2.14. The Labute approximate surface area is 176 Å². The van der Waals surface area contributed by atoms with Crippen molar-refractivity contribution in [1.29, 1.82) is 0 Å². The number of rotatable bonds is 5. The Morgan fingerprint density at radius 3 is 2.79 bits per heavy atom. The van der Waals surface area contributed by atoms with E-state index in [-0.39, 0.29) is 18.1 Å². The second-order valence-corrected chi connectivity index (χ2v) is 7.41. The number of carbonyl (C=O) groups is 2. The van der Waals surface area contributed by atoms with Crippen molar-refractivity contribution in [3.05, 3.63) is 50.9 Å². The molecule has 0 unspecified atom stereocenters. The summed E-state index contributed by atoms with van der Waals surface area (Å²) >= 11 is 6.74. The maximum atomic E-state index is 12.1. The molecule has 2 aromatic carbocycles. The number of azo groups is 1. The van der Waals surface area contributed by atoms with E-state index in [1.54, 1.807) is 36.4 Å². The molecule has 1 aromatic heterocycles. The second kappa shape index (κ2) is 8.53. The lowest BCUT2D eigenvalue weighted by molar-refractivity contribution is -0.117. The van der Waals surface area contributed by atoms with E-state index in [2.05, 4.69) is 52.4 Å². The van der Waals surface area contributed by atoms with Gasteiger partial charge in [0.15, 0.2) is 5.69 Å². The first-order chi connectivity index (χ1) is 13.4. The van der Waals surface area contributed by atoms with Gasteiger partial charge in [0.05, 0.1) is 12.6 Å². The molecule has 0 fully saturated rings. The maximum Gasteiger partial charge on any atom is 0.283 e. The number of nitrogens with zero attached hydrogens (tertiary/aromatic N) is 2. The number of carbonyl (C=O) groups excluding carboxylic acids is 2. The fraction of sp³-hybridized carbons (Fsp3) is 0.111. The first-order valence-electron chi connectivity index (χ1n) is 7.95. The van der Waals surface area contributed by atoms with Crippen molar-refractivity contribution < 1.29 is 19.4 Å². The van der Waals surface area contributed by atoms with Gasteiger partial charge in [0.25, 0.3) is 11.8 Å². The topological polar surface area (TPSA) is 116 Å². The van der Waals surface area contributed by atoms with Crippen molar-refractivity contribution in [3.8, 4) is 11.6 Å². The standard InChI is InChI=1S/C18H14Br2N4O4/c1-28-11-4-2-3-9(5-11)17(26)21-8-14(25)23-24-16-12-6-10(19)7-13(20)15(12)22-18(16)27/h2-7,22,27H,8H2,1H3,(H,21,26). The Hall–Kier alpha value is -2.72. The number of fused-ring (bicyclic) bond motifs is 1.